The molecule has 1 saturated carbocycles. The average molecular weight is 296 g/mol. The predicted molar refractivity (Wildman–Crippen MR) is 76.5 cm³/mol. The molecule has 0 saturated heterocycles. The summed E-state index contributed by atoms with van der Waals surface area (Å²) in [5.41, 5.74) is 1.31. The van der Waals surface area contributed by atoms with Crippen LogP contribution in [0.15, 0.2) is 6.07 Å². The van der Waals surface area contributed by atoms with Crippen molar-refractivity contribution in [2.24, 2.45) is 5.92 Å². The SMILES string of the molecule is COC1CCc2cc(C3CCC(C)CC3)c(F)c(F)c2O1. The second-order valence-electron chi connectivity index (χ2n) is 6.36. The third-order valence-corrected chi connectivity index (χ3v) is 4.88. The van der Waals surface area contributed by atoms with Crippen LogP contribution in [0.4, 0.5) is 8.78 Å². The first-order chi connectivity index (χ1) is 10.1. The van der Waals surface area contributed by atoms with Gasteiger partial charge in [-0.15, -0.1) is 0 Å². The monoisotopic (exact) mass is 296 g/mol. The van der Waals surface area contributed by atoms with Gasteiger partial charge in [0, 0.05) is 13.5 Å². The highest BCUT2D eigenvalue weighted by Gasteiger charge is 2.30. The number of rotatable bonds is 2. The second-order valence-corrected chi connectivity index (χ2v) is 6.36. The summed E-state index contributed by atoms with van der Waals surface area (Å²) in [6.45, 7) is 2.22. The normalized spacial score (nSPS) is 28.9. The van der Waals surface area contributed by atoms with E-state index in [1.807, 2.05) is 6.07 Å². The van der Waals surface area contributed by atoms with Crippen molar-refractivity contribution < 1.29 is 18.3 Å². The van der Waals surface area contributed by atoms with Crippen LogP contribution >= 0.6 is 0 Å². The zero-order chi connectivity index (χ0) is 15.0. The third-order valence-electron chi connectivity index (χ3n) is 4.88. The van der Waals surface area contributed by atoms with Gasteiger partial charge in [0.25, 0.3) is 0 Å². The van der Waals surface area contributed by atoms with Gasteiger partial charge in [0.15, 0.2) is 17.9 Å². The van der Waals surface area contributed by atoms with E-state index in [-0.39, 0.29) is 11.7 Å². The van der Waals surface area contributed by atoms with Crippen LogP contribution in [0.25, 0.3) is 0 Å². The number of benzene rings is 1. The Hall–Kier alpha value is -1.16. The van der Waals surface area contributed by atoms with Crippen molar-refractivity contribution in [3.05, 3.63) is 28.8 Å². The van der Waals surface area contributed by atoms with Crippen molar-refractivity contribution in [2.75, 3.05) is 7.11 Å². The standard InChI is InChI=1S/C17H22F2O2/c1-10-3-5-11(6-4-10)13-9-12-7-8-14(20-2)21-17(12)16(19)15(13)18/h9-11,14H,3-8H2,1-2H3. The van der Waals surface area contributed by atoms with Gasteiger partial charge in [-0.1, -0.05) is 19.8 Å². The lowest BCUT2D eigenvalue weighted by Crippen LogP contribution is -2.26. The number of halogens is 2. The lowest BCUT2D eigenvalue weighted by atomic mass is 9.78. The first-order valence-corrected chi connectivity index (χ1v) is 7.80. The Morgan fingerprint density at radius 1 is 1.10 bits per heavy atom. The molecule has 1 aromatic carbocycles. The molecule has 1 aliphatic carbocycles. The average Bonchev–Trinajstić information content (AvgIpc) is 2.51. The minimum Gasteiger partial charge on any atom is -0.461 e. The number of fused-ring (bicyclic) bond motifs is 1. The second kappa shape index (κ2) is 5.91. The molecule has 1 unspecified atom stereocenters. The highest BCUT2D eigenvalue weighted by molar-refractivity contribution is 5.42. The maximum Gasteiger partial charge on any atom is 0.201 e. The Balaban J connectivity index is 1.91. The van der Waals surface area contributed by atoms with Gasteiger partial charge in [-0.2, -0.15) is 4.39 Å². The molecule has 1 heterocycles. The minimum absolute atomic E-state index is 0.0403. The molecule has 0 aromatic heterocycles. The molecule has 2 nitrogen and oxygen atoms in total. The quantitative estimate of drug-likeness (QED) is 0.796. The van der Waals surface area contributed by atoms with Crippen LogP contribution in [0, 0.1) is 17.6 Å². The molecule has 21 heavy (non-hydrogen) atoms. The van der Waals surface area contributed by atoms with Gasteiger partial charge in [0.2, 0.25) is 5.82 Å². The van der Waals surface area contributed by atoms with Crippen LogP contribution in [-0.2, 0) is 11.2 Å². The van der Waals surface area contributed by atoms with E-state index in [4.69, 9.17) is 9.47 Å². The Morgan fingerprint density at radius 2 is 1.81 bits per heavy atom. The first-order valence-electron chi connectivity index (χ1n) is 7.80. The van der Waals surface area contributed by atoms with E-state index in [9.17, 15) is 8.78 Å². The number of hydrogen-bond acceptors (Lipinski definition) is 2. The fourth-order valence-electron chi connectivity index (χ4n) is 3.49. The van der Waals surface area contributed by atoms with Crippen LogP contribution in [0.3, 0.4) is 0 Å². The van der Waals surface area contributed by atoms with Crippen molar-refractivity contribution in [3.8, 4) is 5.75 Å². The molecule has 1 fully saturated rings. The summed E-state index contributed by atoms with van der Waals surface area (Å²) in [5, 5.41) is 0. The van der Waals surface area contributed by atoms with E-state index in [1.54, 1.807) is 0 Å². The molecule has 1 aliphatic heterocycles. The summed E-state index contributed by atoms with van der Waals surface area (Å²) in [6, 6.07) is 1.82. The zero-order valence-corrected chi connectivity index (χ0v) is 12.6. The van der Waals surface area contributed by atoms with Gasteiger partial charge in [0.05, 0.1) is 0 Å². The van der Waals surface area contributed by atoms with Crippen molar-refractivity contribution in [2.45, 2.75) is 57.7 Å². The van der Waals surface area contributed by atoms with E-state index in [0.29, 0.717) is 24.3 Å². The Bertz CT molecular complexity index is 522. The summed E-state index contributed by atoms with van der Waals surface area (Å²) in [4.78, 5) is 0. The highest BCUT2D eigenvalue weighted by Crippen LogP contribution is 2.41. The lowest BCUT2D eigenvalue weighted by molar-refractivity contribution is -0.0678. The third kappa shape index (κ3) is 2.78. The number of aryl methyl sites for hydroxylation is 1. The fraction of sp³-hybridized carbons (Fsp3) is 0.647. The molecular weight excluding hydrogens is 274 g/mol. The van der Waals surface area contributed by atoms with Gasteiger partial charge in [-0.3, -0.25) is 0 Å². The molecular formula is C17H22F2O2. The topological polar surface area (TPSA) is 18.5 Å². The summed E-state index contributed by atoms with van der Waals surface area (Å²) in [7, 11) is 1.52. The van der Waals surface area contributed by atoms with E-state index < -0.39 is 17.9 Å². The predicted octanol–water partition coefficient (Wildman–Crippen LogP) is 4.56. The van der Waals surface area contributed by atoms with E-state index in [1.165, 1.54) is 7.11 Å². The summed E-state index contributed by atoms with van der Waals surface area (Å²) in [5.74, 6) is -0.704. The van der Waals surface area contributed by atoms with E-state index >= 15 is 0 Å². The number of hydrogen-bond donors (Lipinski definition) is 0. The van der Waals surface area contributed by atoms with Crippen LogP contribution < -0.4 is 4.74 Å². The summed E-state index contributed by atoms with van der Waals surface area (Å²) >= 11 is 0. The Labute approximate surface area is 124 Å². The van der Waals surface area contributed by atoms with Crippen molar-refractivity contribution in [1.82, 2.24) is 0 Å². The summed E-state index contributed by atoms with van der Waals surface area (Å²) in [6.07, 6.45) is 4.93. The fourth-order valence-corrected chi connectivity index (χ4v) is 3.49. The van der Waals surface area contributed by atoms with Gasteiger partial charge < -0.3 is 9.47 Å². The van der Waals surface area contributed by atoms with Gasteiger partial charge in [0.1, 0.15) is 0 Å². The molecule has 116 valence electrons. The Kier molecular flexibility index (Phi) is 4.16. The van der Waals surface area contributed by atoms with Gasteiger partial charge >= 0.3 is 0 Å². The molecule has 0 amide bonds. The molecule has 0 radical (unpaired) electrons. The maximum absolute atomic E-state index is 14.4. The highest BCUT2D eigenvalue weighted by atomic mass is 19.2. The number of methoxy groups -OCH3 is 1. The molecule has 0 spiro atoms. The van der Waals surface area contributed by atoms with Crippen molar-refractivity contribution in [1.29, 1.82) is 0 Å². The lowest BCUT2D eigenvalue weighted by Gasteiger charge is -2.30. The minimum atomic E-state index is -0.845. The molecule has 3 rings (SSSR count). The van der Waals surface area contributed by atoms with Crippen LogP contribution in [0.2, 0.25) is 0 Å². The molecule has 4 heteroatoms. The van der Waals surface area contributed by atoms with Crippen LogP contribution in [0.1, 0.15) is 56.1 Å². The van der Waals surface area contributed by atoms with Crippen LogP contribution in [-0.4, -0.2) is 13.4 Å². The zero-order valence-electron chi connectivity index (χ0n) is 12.6. The molecule has 2 aliphatic rings. The van der Waals surface area contributed by atoms with Crippen molar-refractivity contribution in [3.63, 3.8) is 0 Å². The van der Waals surface area contributed by atoms with Gasteiger partial charge in [-0.05, 0) is 48.3 Å². The van der Waals surface area contributed by atoms with Crippen molar-refractivity contribution >= 4 is 0 Å². The molecule has 1 aromatic rings. The maximum atomic E-state index is 14.4. The smallest absolute Gasteiger partial charge is 0.201 e. The van der Waals surface area contributed by atoms with E-state index in [0.717, 1.165) is 31.2 Å². The Morgan fingerprint density at radius 3 is 2.48 bits per heavy atom. The molecule has 0 N–H and O–H groups in total. The first kappa shape index (κ1) is 14.8. The molecule has 1 atom stereocenters. The van der Waals surface area contributed by atoms with E-state index in [2.05, 4.69) is 6.92 Å². The largest absolute Gasteiger partial charge is 0.461 e. The molecule has 0 bridgehead atoms. The van der Waals surface area contributed by atoms with Crippen LogP contribution in [0.5, 0.6) is 5.75 Å². The van der Waals surface area contributed by atoms with Gasteiger partial charge in [-0.25, -0.2) is 4.39 Å². The summed E-state index contributed by atoms with van der Waals surface area (Å²) < 4.78 is 39.2. The number of ether oxygens (including phenoxy) is 2.